The summed E-state index contributed by atoms with van der Waals surface area (Å²) in [7, 11) is 1.81. The molecule has 3 aromatic rings. The summed E-state index contributed by atoms with van der Waals surface area (Å²) in [6, 6.07) is 13.2. The normalized spacial score (nSPS) is 17.7. The van der Waals surface area contributed by atoms with Crippen LogP contribution in [-0.4, -0.2) is 82.8 Å². The summed E-state index contributed by atoms with van der Waals surface area (Å²) in [6.07, 6.45) is 7.44. The highest BCUT2D eigenvalue weighted by molar-refractivity contribution is 6.04. The molecule has 238 valence electrons. The number of benzene rings is 2. The molecule has 1 aliphatic carbocycles. The minimum atomic E-state index is -0.269. The van der Waals surface area contributed by atoms with Crippen LogP contribution in [0.15, 0.2) is 42.5 Å². The molecule has 11 heteroatoms. The number of nitrogens with one attached hydrogen (secondary N) is 2. The summed E-state index contributed by atoms with van der Waals surface area (Å²) in [6.45, 7) is 4.47. The van der Waals surface area contributed by atoms with Crippen molar-refractivity contribution in [1.29, 1.82) is 0 Å². The van der Waals surface area contributed by atoms with Gasteiger partial charge in [-0.15, -0.1) is 0 Å². The van der Waals surface area contributed by atoms with Gasteiger partial charge in [0.1, 0.15) is 0 Å². The van der Waals surface area contributed by atoms with Gasteiger partial charge in [0.25, 0.3) is 5.91 Å². The van der Waals surface area contributed by atoms with Crippen LogP contribution in [0.25, 0.3) is 11.0 Å². The van der Waals surface area contributed by atoms with E-state index in [2.05, 4.69) is 15.5 Å². The zero-order valence-electron chi connectivity index (χ0n) is 26.1. The molecule has 2 saturated heterocycles. The Bertz CT molecular complexity index is 1560. The van der Waals surface area contributed by atoms with Crippen molar-refractivity contribution in [3.63, 3.8) is 0 Å². The number of carbonyl (C=O) groups excluding carboxylic acids is 4. The van der Waals surface area contributed by atoms with Gasteiger partial charge in [-0.2, -0.15) is 0 Å². The van der Waals surface area contributed by atoms with Gasteiger partial charge >= 0.3 is 0 Å². The monoisotopic (exact) mass is 613 g/mol. The number of nitrogens with zero attached hydrogens (tertiary/aromatic N) is 5. The summed E-state index contributed by atoms with van der Waals surface area (Å²) in [5.41, 5.74) is 3.87. The van der Waals surface area contributed by atoms with E-state index in [1.807, 2.05) is 46.8 Å². The predicted molar refractivity (Wildman–Crippen MR) is 173 cm³/mol. The quantitative estimate of drug-likeness (QED) is 0.340. The Morgan fingerprint density at radius 3 is 2.56 bits per heavy atom. The molecule has 1 saturated carbocycles. The second kappa shape index (κ2) is 13.8. The van der Waals surface area contributed by atoms with Gasteiger partial charge in [0.2, 0.25) is 23.7 Å². The molecular weight excluding hydrogens is 570 g/mol. The number of carbonyl (C=O) groups is 4. The number of imidazole rings is 1. The molecule has 0 radical (unpaired) electrons. The summed E-state index contributed by atoms with van der Waals surface area (Å²) >= 11 is 0. The fourth-order valence-electron chi connectivity index (χ4n) is 6.77. The van der Waals surface area contributed by atoms with Crippen molar-refractivity contribution in [3.8, 4) is 0 Å². The van der Waals surface area contributed by atoms with Crippen LogP contribution in [-0.2, 0) is 27.5 Å². The number of aromatic nitrogens is 2. The smallest absolute Gasteiger partial charge is 0.257 e. The van der Waals surface area contributed by atoms with E-state index in [1.54, 1.807) is 17.0 Å². The lowest BCUT2D eigenvalue weighted by Crippen LogP contribution is -2.47. The number of piperazine rings is 1. The zero-order chi connectivity index (χ0) is 31.3. The molecule has 2 aliphatic heterocycles. The van der Waals surface area contributed by atoms with Gasteiger partial charge in [0.15, 0.2) is 0 Å². The van der Waals surface area contributed by atoms with Crippen LogP contribution >= 0.6 is 0 Å². The SMILES string of the molecule is CN(C(=O)CC1CCCC1)c1ccc2c(c1)nc(NC(=O)c1ccc(CN3CCNC(=O)C3)cc1)n2CCCN1CCCC1=O. The number of aryl methyl sites for hydroxylation is 1. The first-order valence-corrected chi connectivity index (χ1v) is 16.3. The van der Waals surface area contributed by atoms with E-state index >= 15 is 0 Å². The molecule has 3 aliphatic rings. The third-order valence-corrected chi connectivity index (χ3v) is 9.38. The Balaban J connectivity index is 1.18. The minimum absolute atomic E-state index is 0.0293. The number of likely N-dealkylation sites (tertiary alicyclic amines) is 1. The van der Waals surface area contributed by atoms with Crippen molar-refractivity contribution >= 4 is 46.3 Å². The maximum atomic E-state index is 13.4. The first kappa shape index (κ1) is 30.8. The van der Waals surface area contributed by atoms with E-state index in [1.165, 1.54) is 12.8 Å². The molecule has 0 spiro atoms. The van der Waals surface area contributed by atoms with Crippen LogP contribution in [0.5, 0.6) is 0 Å². The van der Waals surface area contributed by atoms with E-state index in [0.29, 0.717) is 68.5 Å². The molecule has 2 N–H and O–H groups in total. The second-order valence-electron chi connectivity index (χ2n) is 12.6. The first-order valence-electron chi connectivity index (χ1n) is 16.3. The van der Waals surface area contributed by atoms with Crippen molar-refractivity contribution in [2.45, 2.75) is 64.5 Å². The van der Waals surface area contributed by atoms with Crippen LogP contribution in [0.3, 0.4) is 0 Å². The highest BCUT2D eigenvalue weighted by Gasteiger charge is 2.23. The molecule has 3 fully saturated rings. The second-order valence-corrected chi connectivity index (χ2v) is 12.6. The average Bonchev–Trinajstić information content (AvgIpc) is 3.78. The molecule has 45 heavy (non-hydrogen) atoms. The highest BCUT2D eigenvalue weighted by Crippen LogP contribution is 2.30. The van der Waals surface area contributed by atoms with Crippen molar-refractivity contribution in [2.75, 3.05) is 50.0 Å². The molecule has 0 bridgehead atoms. The number of hydrogen-bond donors (Lipinski definition) is 2. The molecule has 0 atom stereocenters. The number of amides is 4. The predicted octanol–water partition coefficient (Wildman–Crippen LogP) is 3.78. The van der Waals surface area contributed by atoms with Crippen molar-refractivity contribution in [2.24, 2.45) is 5.92 Å². The van der Waals surface area contributed by atoms with Gasteiger partial charge in [-0.25, -0.2) is 4.98 Å². The topological polar surface area (TPSA) is 120 Å². The van der Waals surface area contributed by atoms with Crippen LogP contribution in [0.1, 0.15) is 67.3 Å². The number of rotatable bonds is 11. The molecule has 2 aromatic carbocycles. The van der Waals surface area contributed by atoms with Gasteiger partial charge < -0.3 is 19.7 Å². The lowest BCUT2D eigenvalue weighted by Gasteiger charge is -2.26. The number of hydrogen-bond acceptors (Lipinski definition) is 6. The van der Waals surface area contributed by atoms with Gasteiger partial charge in [0, 0.05) is 70.4 Å². The van der Waals surface area contributed by atoms with Gasteiger partial charge in [-0.3, -0.25) is 29.4 Å². The van der Waals surface area contributed by atoms with Crippen molar-refractivity contribution < 1.29 is 19.2 Å². The minimum Gasteiger partial charge on any atom is -0.354 e. The average molecular weight is 614 g/mol. The fraction of sp³-hybridized carbons (Fsp3) is 0.500. The van der Waals surface area contributed by atoms with Gasteiger partial charge in [-0.05, 0) is 67.5 Å². The number of anilines is 2. The molecular formula is C34H43N7O4. The molecule has 6 rings (SSSR count). The standard InChI is InChI=1S/C34H43N7O4/c1-38(32(44)20-24-6-2-3-7-24)27-13-14-29-28(21-27)36-34(41(29)18-5-17-40-16-4-8-31(40)43)37-33(45)26-11-9-25(10-12-26)22-39-19-15-35-30(42)23-39/h9-14,21,24H,2-8,15-20,22-23H2,1H3,(H,35,42)(H,36,37,45). The molecule has 4 amide bonds. The third-order valence-electron chi connectivity index (χ3n) is 9.38. The van der Waals surface area contributed by atoms with Crippen LogP contribution in [0.2, 0.25) is 0 Å². The van der Waals surface area contributed by atoms with Gasteiger partial charge in [-0.1, -0.05) is 25.0 Å². The lowest BCUT2D eigenvalue weighted by molar-refractivity contribution is -0.128. The Labute approximate surface area is 263 Å². The lowest BCUT2D eigenvalue weighted by atomic mass is 10.0. The summed E-state index contributed by atoms with van der Waals surface area (Å²) in [5, 5.41) is 5.86. The zero-order valence-corrected chi connectivity index (χ0v) is 26.1. The first-order chi connectivity index (χ1) is 21.8. The highest BCUT2D eigenvalue weighted by atomic mass is 16.2. The Kier molecular flexibility index (Phi) is 9.44. The van der Waals surface area contributed by atoms with Gasteiger partial charge in [0.05, 0.1) is 17.6 Å². The van der Waals surface area contributed by atoms with Crippen molar-refractivity contribution in [1.82, 2.24) is 24.7 Å². The maximum absolute atomic E-state index is 13.4. The molecule has 11 nitrogen and oxygen atoms in total. The summed E-state index contributed by atoms with van der Waals surface area (Å²) in [5.74, 6) is 0.962. The number of fused-ring (bicyclic) bond motifs is 1. The van der Waals surface area contributed by atoms with E-state index in [-0.39, 0.29) is 23.6 Å². The van der Waals surface area contributed by atoms with E-state index in [4.69, 9.17) is 4.98 Å². The Morgan fingerprint density at radius 1 is 1.02 bits per heavy atom. The Hall–Kier alpha value is -4.25. The third kappa shape index (κ3) is 7.36. The van der Waals surface area contributed by atoms with Crippen LogP contribution < -0.4 is 15.5 Å². The van der Waals surface area contributed by atoms with Crippen molar-refractivity contribution in [3.05, 3.63) is 53.6 Å². The van der Waals surface area contributed by atoms with E-state index < -0.39 is 0 Å². The molecule has 1 aromatic heterocycles. The van der Waals surface area contributed by atoms with E-state index in [9.17, 15) is 19.2 Å². The summed E-state index contributed by atoms with van der Waals surface area (Å²) in [4.78, 5) is 60.8. The maximum Gasteiger partial charge on any atom is 0.257 e. The molecule has 3 heterocycles. The largest absolute Gasteiger partial charge is 0.354 e. The molecule has 0 unspecified atom stereocenters. The van der Waals surface area contributed by atoms with E-state index in [0.717, 1.165) is 55.5 Å². The Morgan fingerprint density at radius 2 is 1.82 bits per heavy atom. The fourth-order valence-corrected chi connectivity index (χ4v) is 6.77. The van der Waals surface area contributed by atoms with Crippen LogP contribution in [0.4, 0.5) is 11.6 Å². The van der Waals surface area contributed by atoms with Crippen LogP contribution in [0, 0.1) is 5.92 Å². The summed E-state index contributed by atoms with van der Waals surface area (Å²) < 4.78 is 1.99.